The maximum Gasteiger partial charge on any atom is 0.343 e. The summed E-state index contributed by atoms with van der Waals surface area (Å²) < 4.78 is 10.2. The van der Waals surface area contributed by atoms with Crippen molar-refractivity contribution in [1.82, 2.24) is 4.90 Å². The van der Waals surface area contributed by atoms with E-state index >= 15 is 0 Å². The van der Waals surface area contributed by atoms with Crippen LogP contribution in [0, 0.1) is 22.0 Å². The number of rotatable bonds is 9. The predicted molar refractivity (Wildman–Crippen MR) is 131 cm³/mol. The van der Waals surface area contributed by atoms with Gasteiger partial charge in [0.2, 0.25) is 11.8 Å². The smallest absolute Gasteiger partial charge is 0.343 e. The van der Waals surface area contributed by atoms with E-state index < -0.39 is 29.3 Å². The highest BCUT2D eigenvalue weighted by atomic mass is 16.6. The van der Waals surface area contributed by atoms with Crippen molar-refractivity contribution in [2.45, 2.75) is 26.2 Å². The fraction of sp³-hybridized carbons (Fsp3) is 0.296. The number of benzene rings is 2. The summed E-state index contributed by atoms with van der Waals surface area (Å²) in [6.07, 6.45) is 2.81. The zero-order valence-corrected chi connectivity index (χ0v) is 20.5. The largest absolute Gasteiger partial charge is 0.457 e. The summed E-state index contributed by atoms with van der Waals surface area (Å²) in [7, 11) is 0. The summed E-state index contributed by atoms with van der Waals surface area (Å²) in [5.41, 5.74) is 1.24. The van der Waals surface area contributed by atoms with Crippen LogP contribution in [0.2, 0.25) is 0 Å². The minimum absolute atomic E-state index is 0.0917. The molecule has 0 spiro atoms. The molecule has 0 aromatic heterocycles. The van der Waals surface area contributed by atoms with Crippen molar-refractivity contribution in [1.29, 1.82) is 0 Å². The third kappa shape index (κ3) is 5.83. The molecule has 0 N–H and O–H groups in total. The van der Waals surface area contributed by atoms with E-state index in [0.717, 1.165) is 10.5 Å². The maximum absolute atomic E-state index is 12.6. The molecule has 0 bridgehead atoms. The molecule has 0 radical (unpaired) electrons. The lowest BCUT2D eigenvalue weighted by Crippen LogP contribution is -2.33. The summed E-state index contributed by atoms with van der Waals surface area (Å²) >= 11 is 0. The number of fused-ring (bicyclic) bond motifs is 1. The van der Waals surface area contributed by atoms with E-state index in [0.29, 0.717) is 12.8 Å². The number of hydrogen-bond acceptors (Lipinski definition) is 9. The minimum Gasteiger partial charge on any atom is -0.457 e. The number of Topliss-reactive ketones (excluding diaryl/α,β-unsaturated/α-hetero) is 1. The molecule has 1 saturated heterocycles. The number of carbonyl (C=O) groups is 5. The van der Waals surface area contributed by atoms with Crippen LogP contribution in [-0.2, 0) is 19.1 Å². The number of nitro benzene ring substituents is 1. The number of carbonyl (C=O) groups excluding carboxylic acids is 5. The molecule has 11 nitrogen and oxygen atoms in total. The first kappa shape index (κ1) is 26.4. The highest BCUT2D eigenvalue weighted by molar-refractivity contribution is 6.05. The third-order valence-electron chi connectivity index (χ3n) is 6.52. The molecule has 196 valence electrons. The Balaban J connectivity index is 1.23. The number of esters is 2. The van der Waals surface area contributed by atoms with Crippen molar-refractivity contribution >= 4 is 35.2 Å². The van der Waals surface area contributed by atoms with Crippen LogP contribution < -0.4 is 4.74 Å². The molecule has 2 atom stereocenters. The number of non-ortho nitro benzene ring substituents is 1. The summed E-state index contributed by atoms with van der Waals surface area (Å²) in [5.74, 6) is -3.08. The molecule has 2 amide bonds. The van der Waals surface area contributed by atoms with Crippen molar-refractivity contribution < 1.29 is 38.4 Å². The molecular formula is C27H24N2O9. The summed E-state index contributed by atoms with van der Waals surface area (Å²) in [6.45, 7) is 1.30. The number of hydrogen-bond donors (Lipinski definition) is 0. The average molecular weight is 520 g/mol. The van der Waals surface area contributed by atoms with Gasteiger partial charge in [0.15, 0.2) is 12.4 Å². The van der Waals surface area contributed by atoms with Gasteiger partial charge >= 0.3 is 11.9 Å². The first-order valence-corrected chi connectivity index (χ1v) is 11.9. The molecule has 1 heterocycles. The first-order valence-electron chi connectivity index (χ1n) is 11.9. The Morgan fingerprint density at radius 1 is 0.974 bits per heavy atom. The number of allylic oxidation sites excluding steroid dienone is 2. The highest BCUT2D eigenvalue weighted by Crippen LogP contribution is 2.37. The first-order chi connectivity index (χ1) is 18.1. The Bertz CT molecular complexity index is 1330. The van der Waals surface area contributed by atoms with Crippen LogP contribution in [0.1, 0.15) is 46.9 Å². The number of likely N-dealkylation sites (tertiary alicyclic amines) is 1. The van der Waals surface area contributed by atoms with Gasteiger partial charge in [-0.05, 0) is 56.2 Å². The zero-order valence-electron chi connectivity index (χ0n) is 20.5. The molecule has 1 aliphatic carbocycles. The second-order valence-electron chi connectivity index (χ2n) is 9.08. The van der Waals surface area contributed by atoms with Crippen LogP contribution >= 0.6 is 0 Å². The van der Waals surface area contributed by atoms with Crippen molar-refractivity contribution in [3.05, 3.63) is 81.4 Å². The van der Waals surface area contributed by atoms with Crippen LogP contribution in [0.5, 0.6) is 5.75 Å². The lowest BCUT2D eigenvalue weighted by atomic mass is 9.82. The quantitative estimate of drug-likeness (QED) is 0.0923. The van der Waals surface area contributed by atoms with Gasteiger partial charge in [0.25, 0.3) is 5.69 Å². The van der Waals surface area contributed by atoms with Gasteiger partial charge in [-0.25, -0.2) is 4.79 Å². The van der Waals surface area contributed by atoms with Gasteiger partial charge in [-0.2, -0.15) is 0 Å². The Morgan fingerprint density at radius 2 is 1.61 bits per heavy atom. The van der Waals surface area contributed by atoms with Crippen molar-refractivity contribution in [3.8, 4) is 5.75 Å². The maximum atomic E-state index is 12.6. The summed E-state index contributed by atoms with van der Waals surface area (Å²) in [5, 5.41) is 10.7. The number of imide groups is 1. The van der Waals surface area contributed by atoms with E-state index in [-0.39, 0.29) is 59.2 Å². The van der Waals surface area contributed by atoms with Gasteiger partial charge in [-0.15, -0.1) is 0 Å². The van der Waals surface area contributed by atoms with E-state index in [1.54, 1.807) is 0 Å². The van der Waals surface area contributed by atoms with E-state index in [1.807, 2.05) is 13.0 Å². The Kier molecular flexibility index (Phi) is 7.75. The minimum atomic E-state index is -0.728. The van der Waals surface area contributed by atoms with Crippen molar-refractivity contribution in [3.63, 3.8) is 0 Å². The fourth-order valence-electron chi connectivity index (χ4n) is 4.43. The standard InChI is InChI=1S/C27H24N2O9/c1-16-2-11-21-22(14-16)26(33)28(25(21)32)13-12-24(31)37-15-23(30)17-5-9-20(10-6-17)38-27(34)18-3-7-19(8-4-18)29(35)36/h2-10,21-22H,11-15H2,1H3. The molecular weight excluding hydrogens is 496 g/mol. The number of nitro groups is 1. The lowest BCUT2D eigenvalue weighted by Gasteiger charge is -2.19. The molecule has 1 aliphatic heterocycles. The second-order valence-corrected chi connectivity index (χ2v) is 9.08. The zero-order chi connectivity index (χ0) is 27.4. The lowest BCUT2D eigenvalue weighted by molar-refractivity contribution is -0.384. The molecule has 0 saturated carbocycles. The van der Waals surface area contributed by atoms with Crippen LogP contribution in [0.15, 0.2) is 60.2 Å². The average Bonchev–Trinajstić information content (AvgIpc) is 3.14. The van der Waals surface area contributed by atoms with E-state index in [4.69, 9.17) is 9.47 Å². The van der Waals surface area contributed by atoms with E-state index in [9.17, 15) is 34.1 Å². The van der Waals surface area contributed by atoms with Gasteiger partial charge in [0.1, 0.15) is 5.75 Å². The van der Waals surface area contributed by atoms with Gasteiger partial charge in [0, 0.05) is 24.2 Å². The molecule has 2 aromatic carbocycles. The second kappa shape index (κ2) is 11.2. The highest BCUT2D eigenvalue weighted by Gasteiger charge is 2.47. The molecule has 2 aromatic rings. The van der Waals surface area contributed by atoms with Crippen LogP contribution in [-0.4, -0.2) is 52.5 Å². The van der Waals surface area contributed by atoms with E-state index in [2.05, 4.69) is 0 Å². The fourth-order valence-corrected chi connectivity index (χ4v) is 4.43. The van der Waals surface area contributed by atoms with Crippen molar-refractivity contribution in [2.75, 3.05) is 13.2 Å². The number of ketones is 1. The number of nitrogens with zero attached hydrogens (tertiary/aromatic N) is 2. The molecule has 38 heavy (non-hydrogen) atoms. The Labute approximate surface area is 217 Å². The number of ether oxygens (including phenoxy) is 2. The van der Waals surface area contributed by atoms with Crippen molar-refractivity contribution in [2.24, 2.45) is 11.8 Å². The van der Waals surface area contributed by atoms with Gasteiger partial charge < -0.3 is 9.47 Å². The molecule has 2 unspecified atom stereocenters. The van der Waals surface area contributed by atoms with Gasteiger partial charge in [-0.3, -0.25) is 34.2 Å². The molecule has 1 fully saturated rings. The molecule has 11 heteroatoms. The summed E-state index contributed by atoms with van der Waals surface area (Å²) in [4.78, 5) is 73.1. The topological polar surface area (TPSA) is 150 Å². The predicted octanol–water partition coefficient (Wildman–Crippen LogP) is 3.27. The van der Waals surface area contributed by atoms with Crippen LogP contribution in [0.4, 0.5) is 5.69 Å². The Hall–Kier alpha value is -4.67. The monoisotopic (exact) mass is 520 g/mol. The van der Waals surface area contributed by atoms with Crippen LogP contribution in [0.25, 0.3) is 0 Å². The third-order valence-corrected chi connectivity index (χ3v) is 6.52. The number of amides is 2. The van der Waals surface area contributed by atoms with E-state index in [1.165, 1.54) is 48.5 Å². The van der Waals surface area contributed by atoms with Gasteiger partial charge in [0.05, 0.1) is 28.7 Å². The van der Waals surface area contributed by atoms with Gasteiger partial charge in [-0.1, -0.05) is 11.6 Å². The molecule has 2 aliphatic rings. The summed E-state index contributed by atoms with van der Waals surface area (Å²) in [6, 6.07) is 10.5. The SMILES string of the molecule is CC1=CCC2C(=O)N(CCC(=O)OCC(=O)c3ccc(OC(=O)c4ccc([N+](=O)[O-])cc4)cc3)C(=O)C2C1. The van der Waals surface area contributed by atoms with Crippen LogP contribution in [0.3, 0.4) is 0 Å². The Morgan fingerprint density at radius 3 is 2.26 bits per heavy atom. The normalized spacial score (nSPS) is 18.4. The molecule has 4 rings (SSSR count).